The summed E-state index contributed by atoms with van der Waals surface area (Å²) < 4.78 is 5.68. The van der Waals surface area contributed by atoms with Gasteiger partial charge in [0.1, 0.15) is 5.76 Å². The molecule has 0 aliphatic heterocycles. The van der Waals surface area contributed by atoms with Gasteiger partial charge in [-0.25, -0.2) is 0 Å². The number of halogens is 1. The molecule has 23 heavy (non-hydrogen) atoms. The van der Waals surface area contributed by atoms with Crippen LogP contribution >= 0.6 is 11.6 Å². The number of hydrogen-bond acceptors (Lipinski definition) is 3. The van der Waals surface area contributed by atoms with E-state index in [1.807, 2.05) is 30.3 Å². The van der Waals surface area contributed by atoms with Crippen LogP contribution < -0.4 is 0 Å². The lowest BCUT2D eigenvalue weighted by Crippen LogP contribution is -2.25. The Kier molecular flexibility index (Phi) is 4.44. The third kappa shape index (κ3) is 3.43. The van der Waals surface area contributed by atoms with Crippen molar-refractivity contribution in [3.05, 3.63) is 77.3 Å². The van der Waals surface area contributed by atoms with Crippen molar-refractivity contribution < 1.29 is 9.21 Å². The number of pyridine rings is 1. The Bertz CT molecular complexity index is 815. The summed E-state index contributed by atoms with van der Waals surface area (Å²) in [6, 6.07) is 14.6. The highest BCUT2D eigenvalue weighted by atomic mass is 35.5. The number of furan rings is 1. The Balaban J connectivity index is 1.77. The van der Waals surface area contributed by atoms with Crippen molar-refractivity contribution in [1.29, 1.82) is 0 Å². The minimum atomic E-state index is -0.188. The Morgan fingerprint density at radius 1 is 1.17 bits per heavy atom. The van der Waals surface area contributed by atoms with Crippen molar-refractivity contribution in [3.8, 4) is 11.3 Å². The molecule has 0 saturated carbocycles. The number of carbonyl (C=O) groups is 1. The molecular formula is C18H15ClN2O2. The van der Waals surface area contributed by atoms with Crippen LogP contribution in [0.5, 0.6) is 0 Å². The molecule has 0 spiro atoms. The minimum Gasteiger partial charge on any atom is -0.451 e. The molecule has 5 heteroatoms. The predicted octanol–water partition coefficient (Wildman–Crippen LogP) is 4.27. The molecule has 0 radical (unpaired) electrons. The number of rotatable bonds is 4. The molecule has 0 bridgehead atoms. The fourth-order valence-electron chi connectivity index (χ4n) is 2.28. The summed E-state index contributed by atoms with van der Waals surface area (Å²) in [5.41, 5.74) is 1.73. The number of aromatic nitrogens is 1. The zero-order valence-corrected chi connectivity index (χ0v) is 13.3. The Labute approximate surface area is 139 Å². The highest BCUT2D eigenvalue weighted by Crippen LogP contribution is 2.29. The van der Waals surface area contributed by atoms with E-state index in [0.717, 1.165) is 11.1 Å². The van der Waals surface area contributed by atoms with Crippen molar-refractivity contribution in [2.24, 2.45) is 0 Å². The molecule has 3 aromatic rings. The molecule has 0 unspecified atom stereocenters. The quantitative estimate of drug-likeness (QED) is 0.719. The van der Waals surface area contributed by atoms with Gasteiger partial charge in [-0.3, -0.25) is 9.78 Å². The van der Waals surface area contributed by atoms with Crippen LogP contribution in [-0.4, -0.2) is 22.8 Å². The lowest BCUT2D eigenvalue weighted by atomic mass is 10.2. The Hall–Kier alpha value is -2.59. The molecule has 4 nitrogen and oxygen atoms in total. The van der Waals surface area contributed by atoms with Crippen LogP contribution in [0, 0.1) is 0 Å². The third-order valence-corrected chi connectivity index (χ3v) is 3.77. The highest BCUT2D eigenvalue weighted by Gasteiger charge is 2.17. The van der Waals surface area contributed by atoms with E-state index in [0.29, 0.717) is 17.3 Å². The van der Waals surface area contributed by atoms with Crippen LogP contribution in [0.4, 0.5) is 0 Å². The van der Waals surface area contributed by atoms with Gasteiger partial charge < -0.3 is 9.32 Å². The van der Waals surface area contributed by atoms with Crippen LogP contribution in [0.3, 0.4) is 0 Å². The number of carbonyl (C=O) groups excluding carboxylic acids is 1. The van der Waals surface area contributed by atoms with Gasteiger partial charge in [0, 0.05) is 31.5 Å². The van der Waals surface area contributed by atoms with Gasteiger partial charge in [-0.1, -0.05) is 29.8 Å². The van der Waals surface area contributed by atoms with E-state index in [1.54, 1.807) is 42.5 Å². The average molecular weight is 327 g/mol. The lowest BCUT2D eigenvalue weighted by molar-refractivity contribution is 0.0754. The van der Waals surface area contributed by atoms with Crippen LogP contribution in [0.25, 0.3) is 11.3 Å². The van der Waals surface area contributed by atoms with Gasteiger partial charge >= 0.3 is 0 Å². The fourth-order valence-corrected chi connectivity index (χ4v) is 2.51. The van der Waals surface area contributed by atoms with Gasteiger partial charge in [-0.05, 0) is 35.9 Å². The van der Waals surface area contributed by atoms with Gasteiger partial charge in [-0.2, -0.15) is 0 Å². The highest BCUT2D eigenvalue weighted by molar-refractivity contribution is 6.33. The van der Waals surface area contributed by atoms with E-state index in [1.165, 1.54) is 0 Å². The molecule has 1 amide bonds. The van der Waals surface area contributed by atoms with E-state index in [2.05, 4.69) is 4.98 Å². The van der Waals surface area contributed by atoms with Crippen molar-refractivity contribution >= 4 is 17.5 Å². The van der Waals surface area contributed by atoms with Crippen molar-refractivity contribution in [3.63, 3.8) is 0 Å². The van der Waals surface area contributed by atoms with Crippen molar-refractivity contribution in [2.45, 2.75) is 6.54 Å². The standard InChI is InChI=1S/C18H15ClN2O2/c1-21(12-13-5-4-10-20-11-13)18(22)17-9-8-16(23-17)14-6-2-3-7-15(14)19/h2-11H,12H2,1H3. The molecule has 2 heterocycles. The Morgan fingerprint density at radius 2 is 2.00 bits per heavy atom. The van der Waals surface area contributed by atoms with E-state index in [4.69, 9.17) is 16.0 Å². The second kappa shape index (κ2) is 6.67. The number of hydrogen-bond donors (Lipinski definition) is 0. The van der Waals surface area contributed by atoms with Gasteiger partial charge in [0.05, 0.1) is 5.02 Å². The molecule has 2 aromatic heterocycles. The van der Waals surface area contributed by atoms with Gasteiger partial charge in [0.25, 0.3) is 5.91 Å². The van der Waals surface area contributed by atoms with Gasteiger partial charge in [-0.15, -0.1) is 0 Å². The summed E-state index contributed by atoms with van der Waals surface area (Å²) in [5, 5.41) is 0.588. The zero-order chi connectivity index (χ0) is 16.2. The molecule has 0 atom stereocenters. The van der Waals surface area contributed by atoms with Crippen molar-refractivity contribution in [2.75, 3.05) is 7.05 Å². The first-order valence-electron chi connectivity index (χ1n) is 7.14. The molecular weight excluding hydrogens is 312 g/mol. The summed E-state index contributed by atoms with van der Waals surface area (Å²) >= 11 is 6.16. The number of benzene rings is 1. The first-order valence-corrected chi connectivity index (χ1v) is 7.52. The van der Waals surface area contributed by atoms with E-state index >= 15 is 0 Å². The number of nitrogens with zero attached hydrogens (tertiary/aromatic N) is 2. The molecule has 116 valence electrons. The minimum absolute atomic E-state index is 0.188. The normalized spacial score (nSPS) is 10.5. The van der Waals surface area contributed by atoms with Crippen LogP contribution in [-0.2, 0) is 6.54 Å². The first-order chi connectivity index (χ1) is 11.1. The molecule has 3 rings (SSSR count). The molecule has 0 aliphatic rings. The SMILES string of the molecule is CN(Cc1cccnc1)C(=O)c1ccc(-c2ccccc2Cl)o1. The maximum absolute atomic E-state index is 12.5. The van der Waals surface area contributed by atoms with Gasteiger partial charge in [0.2, 0.25) is 0 Å². The van der Waals surface area contributed by atoms with Gasteiger partial charge in [0.15, 0.2) is 5.76 Å². The maximum atomic E-state index is 12.5. The molecule has 0 fully saturated rings. The summed E-state index contributed by atoms with van der Waals surface area (Å²) in [6.45, 7) is 0.467. The Morgan fingerprint density at radius 3 is 2.74 bits per heavy atom. The maximum Gasteiger partial charge on any atom is 0.289 e. The molecule has 0 N–H and O–H groups in total. The lowest BCUT2D eigenvalue weighted by Gasteiger charge is -2.15. The van der Waals surface area contributed by atoms with Crippen LogP contribution in [0.2, 0.25) is 5.02 Å². The predicted molar refractivity (Wildman–Crippen MR) is 89.2 cm³/mol. The smallest absolute Gasteiger partial charge is 0.289 e. The topological polar surface area (TPSA) is 46.3 Å². The van der Waals surface area contributed by atoms with E-state index in [-0.39, 0.29) is 11.7 Å². The average Bonchev–Trinajstić information content (AvgIpc) is 3.05. The van der Waals surface area contributed by atoms with E-state index < -0.39 is 0 Å². The zero-order valence-electron chi connectivity index (χ0n) is 12.6. The van der Waals surface area contributed by atoms with E-state index in [9.17, 15) is 4.79 Å². The number of amides is 1. The molecule has 0 aliphatic carbocycles. The van der Waals surface area contributed by atoms with Crippen LogP contribution in [0.1, 0.15) is 16.1 Å². The summed E-state index contributed by atoms with van der Waals surface area (Å²) in [4.78, 5) is 18.1. The summed E-state index contributed by atoms with van der Waals surface area (Å²) in [5.74, 6) is 0.673. The van der Waals surface area contributed by atoms with Crippen molar-refractivity contribution in [1.82, 2.24) is 9.88 Å². The summed E-state index contributed by atoms with van der Waals surface area (Å²) in [7, 11) is 1.73. The second-order valence-electron chi connectivity index (χ2n) is 5.17. The third-order valence-electron chi connectivity index (χ3n) is 3.45. The molecule has 0 saturated heterocycles. The van der Waals surface area contributed by atoms with Crippen LogP contribution in [0.15, 0.2) is 65.3 Å². The largest absolute Gasteiger partial charge is 0.451 e. The second-order valence-corrected chi connectivity index (χ2v) is 5.57. The summed E-state index contributed by atoms with van der Waals surface area (Å²) in [6.07, 6.45) is 3.44. The monoisotopic (exact) mass is 326 g/mol. The first kappa shape index (κ1) is 15.3. The molecule has 1 aromatic carbocycles. The fraction of sp³-hybridized carbons (Fsp3) is 0.111.